The van der Waals surface area contributed by atoms with Gasteiger partial charge in [0.15, 0.2) is 0 Å². The summed E-state index contributed by atoms with van der Waals surface area (Å²) >= 11 is 0. The monoisotopic (exact) mass is 378 g/mol. The van der Waals surface area contributed by atoms with Gasteiger partial charge in [-0.1, -0.05) is 12.1 Å². The summed E-state index contributed by atoms with van der Waals surface area (Å²) in [5.74, 6) is -2.33. The third-order valence-electron chi connectivity index (χ3n) is 4.68. The zero-order chi connectivity index (χ0) is 19.4. The molecule has 144 valence electrons. The fraction of sp³-hybridized carbons (Fsp3) is 0.350. The Morgan fingerprint density at radius 2 is 1.74 bits per heavy atom. The van der Waals surface area contributed by atoms with E-state index >= 15 is 0 Å². The zero-order valence-corrected chi connectivity index (χ0v) is 15.1. The van der Waals surface area contributed by atoms with Crippen LogP contribution in [0.5, 0.6) is 5.75 Å². The number of hydrogen-bond acceptors (Lipinski definition) is 3. The molecule has 0 saturated carbocycles. The number of ether oxygens (including phenoxy) is 1. The Kier molecular flexibility index (Phi) is 6.01. The lowest BCUT2D eigenvalue weighted by atomic mass is 10.1. The van der Waals surface area contributed by atoms with Crippen molar-refractivity contribution >= 4 is 5.91 Å². The van der Waals surface area contributed by atoms with E-state index in [2.05, 4.69) is 4.90 Å². The van der Waals surface area contributed by atoms with Crippen molar-refractivity contribution in [2.24, 2.45) is 0 Å². The molecular weight excluding hydrogens is 357 g/mol. The van der Waals surface area contributed by atoms with E-state index in [1.165, 1.54) is 4.90 Å². The first-order chi connectivity index (χ1) is 13.0. The number of halogens is 3. The van der Waals surface area contributed by atoms with Crippen molar-refractivity contribution in [2.75, 3.05) is 26.7 Å². The molecule has 27 heavy (non-hydrogen) atoms. The third-order valence-corrected chi connectivity index (χ3v) is 4.68. The van der Waals surface area contributed by atoms with Gasteiger partial charge in [-0.2, -0.15) is 0 Å². The minimum absolute atomic E-state index is 0.175. The van der Waals surface area contributed by atoms with Crippen molar-refractivity contribution in [3.63, 3.8) is 0 Å². The molecule has 1 amide bonds. The fourth-order valence-corrected chi connectivity index (χ4v) is 3.18. The molecule has 0 radical (unpaired) electrons. The Labute approximate surface area is 156 Å². The van der Waals surface area contributed by atoms with Crippen molar-refractivity contribution in [1.29, 1.82) is 0 Å². The summed E-state index contributed by atoms with van der Waals surface area (Å²) in [5, 5.41) is 0. The smallest absolute Gasteiger partial charge is 0.224 e. The Morgan fingerprint density at radius 3 is 2.44 bits per heavy atom. The number of amides is 1. The lowest BCUT2D eigenvalue weighted by Crippen LogP contribution is -2.33. The molecule has 0 atom stereocenters. The summed E-state index contributed by atoms with van der Waals surface area (Å²) in [5.41, 5.74) is 0.775. The molecular formula is C20H21F3N2O2. The highest BCUT2D eigenvalue weighted by Crippen LogP contribution is 2.20. The Morgan fingerprint density at radius 1 is 1.00 bits per heavy atom. The second-order valence-corrected chi connectivity index (χ2v) is 6.54. The highest BCUT2D eigenvalue weighted by atomic mass is 19.1. The molecule has 0 aliphatic carbocycles. The summed E-state index contributed by atoms with van der Waals surface area (Å²) in [6.45, 7) is 1.93. The Hall–Kier alpha value is -2.54. The van der Waals surface area contributed by atoms with Gasteiger partial charge in [-0.15, -0.1) is 0 Å². The molecule has 1 heterocycles. The Balaban J connectivity index is 1.66. The predicted octanol–water partition coefficient (Wildman–Crippen LogP) is 3.35. The van der Waals surface area contributed by atoms with E-state index in [0.29, 0.717) is 38.3 Å². The number of nitrogens with zero attached hydrogens (tertiary/aromatic N) is 2. The summed E-state index contributed by atoms with van der Waals surface area (Å²) in [6, 6.07) is 8.96. The van der Waals surface area contributed by atoms with Crippen molar-refractivity contribution < 1.29 is 22.7 Å². The minimum Gasteiger partial charge on any atom is -0.497 e. The quantitative estimate of drug-likeness (QED) is 0.800. The standard InChI is InChI=1S/C20H21F3N2O2/c1-27-16-4-2-3-14(9-16)12-24-6-5-20(26)25(8-7-24)13-17-18(22)10-15(21)11-19(17)23/h2-4,9-11H,5-8,12-13H2,1H3. The Bertz CT molecular complexity index is 806. The van der Waals surface area contributed by atoms with Gasteiger partial charge in [0, 0.05) is 50.3 Å². The molecule has 1 aliphatic rings. The number of hydrogen-bond donors (Lipinski definition) is 0. The average Bonchev–Trinajstić information content (AvgIpc) is 2.80. The van der Waals surface area contributed by atoms with Crippen molar-refractivity contribution in [1.82, 2.24) is 9.80 Å². The third kappa shape index (κ3) is 4.80. The van der Waals surface area contributed by atoms with Crippen LogP contribution < -0.4 is 4.74 Å². The normalized spacial score (nSPS) is 15.7. The summed E-state index contributed by atoms with van der Waals surface area (Å²) in [7, 11) is 1.61. The van der Waals surface area contributed by atoms with Gasteiger partial charge in [0.25, 0.3) is 0 Å². The van der Waals surface area contributed by atoms with E-state index in [1.54, 1.807) is 7.11 Å². The van der Waals surface area contributed by atoms with Gasteiger partial charge in [-0.05, 0) is 17.7 Å². The highest BCUT2D eigenvalue weighted by Gasteiger charge is 2.23. The van der Waals surface area contributed by atoms with E-state index in [1.807, 2.05) is 24.3 Å². The molecule has 2 aromatic rings. The summed E-state index contributed by atoms with van der Waals surface area (Å²) in [6.07, 6.45) is 0.258. The van der Waals surface area contributed by atoms with Crippen molar-refractivity contribution in [2.45, 2.75) is 19.5 Å². The van der Waals surface area contributed by atoms with Crippen LogP contribution in [0.2, 0.25) is 0 Å². The summed E-state index contributed by atoms with van der Waals surface area (Å²) in [4.78, 5) is 15.9. The molecule has 0 bridgehead atoms. The van der Waals surface area contributed by atoms with E-state index in [-0.39, 0.29) is 24.4 Å². The van der Waals surface area contributed by atoms with Gasteiger partial charge in [0.2, 0.25) is 5.91 Å². The molecule has 2 aromatic carbocycles. The highest BCUT2D eigenvalue weighted by molar-refractivity contribution is 5.76. The van der Waals surface area contributed by atoms with Crippen LogP contribution in [0.1, 0.15) is 17.5 Å². The predicted molar refractivity (Wildman–Crippen MR) is 94.6 cm³/mol. The maximum Gasteiger partial charge on any atom is 0.224 e. The molecule has 1 fully saturated rings. The van der Waals surface area contributed by atoms with E-state index in [0.717, 1.165) is 11.3 Å². The lowest BCUT2D eigenvalue weighted by molar-refractivity contribution is -0.131. The van der Waals surface area contributed by atoms with Crippen LogP contribution in [-0.4, -0.2) is 42.5 Å². The maximum absolute atomic E-state index is 13.9. The van der Waals surface area contributed by atoms with Gasteiger partial charge < -0.3 is 9.64 Å². The zero-order valence-electron chi connectivity index (χ0n) is 15.1. The fourth-order valence-electron chi connectivity index (χ4n) is 3.18. The minimum atomic E-state index is -0.974. The number of carbonyl (C=O) groups excluding carboxylic acids is 1. The number of rotatable bonds is 5. The number of benzene rings is 2. The first-order valence-corrected chi connectivity index (χ1v) is 8.72. The maximum atomic E-state index is 13.9. The SMILES string of the molecule is COc1cccc(CN2CCC(=O)N(Cc3c(F)cc(F)cc3F)CC2)c1. The second kappa shape index (κ2) is 8.43. The largest absolute Gasteiger partial charge is 0.497 e. The molecule has 0 N–H and O–H groups in total. The molecule has 3 rings (SSSR count). The molecule has 0 aromatic heterocycles. The van der Waals surface area contributed by atoms with Crippen molar-refractivity contribution in [3.05, 3.63) is 65.0 Å². The van der Waals surface area contributed by atoms with E-state index in [9.17, 15) is 18.0 Å². The first-order valence-electron chi connectivity index (χ1n) is 8.72. The second-order valence-electron chi connectivity index (χ2n) is 6.54. The van der Waals surface area contributed by atoms with Gasteiger partial charge in [-0.25, -0.2) is 13.2 Å². The van der Waals surface area contributed by atoms with Crippen LogP contribution >= 0.6 is 0 Å². The van der Waals surface area contributed by atoms with Crippen LogP contribution in [0, 0.1) is 17.5 Å². The first kappa shape index (κ1) is 19.2. The molecule has 0 spiro atoms. The van der Waals surface area contributed by atoms with Gasteiger partial charge in [0.1, 0.15) is 23.2 Å². The van der Waals surface area contributed by atoms with E-state index in [4.69, 9.17) is 4.74 Å². The van der Waals surface area contributed by atoms with Crippen molar-refractivity contribution in [3.8, 4) is 5.75 Å². The van der Waals surface area contributed by atoms with Gasteiger partial charge in [0.05, 0.1) is 13.7 Å². The van der Waals surface area contributed by atoms with Crippen LogP contribution in [0.4, 0.5) is 13.2 Å². The van der Waals surface area contributed by atoms with E-state index < -0.39 is 17.5 Å². The van der Waals surface area contributed by atoms with Crippen LogP contribution in [0.15, 0.2) is 36.4 Å². The lowest BCUT2D eigenvalue weighted by Gasteiger charge is -2.22. The van der Waals surface area contributed by atoms with Gasteiger partial charge in [-0.3, -0.25) is 9.69 Å². The van der Waals surface area contributed by atoms with Crippen LogP contribution in [0.3, 0.4) is 0 Å². The molecule has 1 saturated heterocycles. The molecule has 0 unspecified atom stereocenters. The van der Waals surface area contributed by atoms with Gasteiger partial charge >= 0.3 is 0 Å². The summed E-state index contributed by atoms with van der Waals surface area (Å²) < 4.78 is 46.1. The molecule has 4 nitrogen and oxygen atoms in total. The number of carbonyl (C=O) groups is 1. The average molecular weight is 378 g/mol. The topological polar surface area (TPSA) is 32.8 Å². The van der Waals surface area contributed by atoms with Crippen LogP contribution in [0.25, 0.3) is 0 Å². The molecule has 1 aliphatic heterocycles. The van der Waals surface area contributed by atoms with Crippen LogP contribution in [-0.2, 0) is 17.9 Å². The molecule has 7 heteroatoms. The number of methoxy groups -OCH3 is 1.